The van der Waals surface area contributed by atoms with E-state index >= 15 is 0 Å². The van der Waals surface area contributed by atoms with Gasteiger partial charge in [0.2, 0.25) is 0 Å². The summed E-state index contributed by atoms with van der Waals surface area (Å²) in [6, 6.07) is 0. The Kier molecular flexibility index (Phi) is 15.3. The molecule has 0 heterocycles. The van der Waals surface area contributed by atoms with Gasteiger partial charge in [-0.25, -0.2) is 9.59 Å². The van der Waals surface area contributed by atoms with Crippen molar-refractivity contribution in [1.82, 2.24) is 9.80 Å². The molecule has 0 aromatic rings. The summed E-state index contributed by atoms with van der Waals surface area (Å²) < 4.78 is 0. The van der Waals surface area contributed by atoms with Crippen LogP contribution in [0.1, 0.15) is 39.5 Å². The molecule has 0 aromatic carbocycles. The molecule has 2 N–H and O–H groups in total. The van der Waals surface area contributed by atoms with Crippen molar-refractivity contribution in [3.05, 3.63) is 24.3 Å². The molecule has 0 aliphatic carbocycles. The van der Waals surface area contributed by atoms with Crippen LogP contribution in [0.4, 0.5) is 0 Å². The fourth-order valence-corrected chi connectivity index (χ4v) is 1.88. The molecule has 24 heavy (non-hydrogen) atoms. The molecule has 0 unspecified atom stereocenters. The Morgan fingerprint density at radius 3 is 1.50 bits per heavy atom. The molecule has 0 rings (SSSR count). The lowest BCUT2D eigenvalue weighted by Crippen LogP contribution is -2.24. The minimum Gasteiger partial charge on any atom is -0.478 e. The fraction of sp³-hybridized carbons (Fsp3) is 0.667. The Bertz CT molecular complexity index is 402. The first-order valence-corrected chi connectivity index (χ1v) is 8.34. The zero-order valence-electron chi connectivity index (χ0n) is 15.7. The Morgan fingerprint density at radius 2 is 1.21 bits per heavy atom. The van der Waals surface area contributed by atoms with Gasteiger partial charge in [0.1, 0.15) is 0 Å². The summed E-state index contributed by atoms with van der Waals surface area (Å²) in [5, 5.41) is 17.0. The number of rotatable bonds is 12. The van der Waals surface area contributed by atoms with Crippen LogP contribution in [-0.2, 0) is 9.59 Å². The van der Waals surface area contributed by atoms with Crippen LogP contribution in [0, 0.1) is 0 Å². The highest BCUT2D eigenvalue weighted by atomic mass is 16.4. The summed E-state index contributed by atoms with van der Waals surface area (Å²) in [4.78, 5) is 25.0. The van der Waals surface area contributed by atoms with Gasteiger partial charge in [-0.2, -0.15) is 0 Å². The number of hydrogen-bond acceptors (Lipinski definition) is 4. The Morgan fingerprint density at radius 1 is 0.833 bits per heavy atom. The topological polar surface area (TPSA) is 81.1 Å². The van der Waals surface area contributed by atoms with E-state index in [2.05, 4.69) is 31.9 Å². The van der Waals surface area contributed by atoms with E-state index in [-0.39, 0.29) is 0 Å². The minimum atomic E-state index is -0.885. The smallest absolute Gasteiger partial charge is 0.330 e. The van der Waals surface area contributed by atoms with Gasteiger partial charge in [-0.15, -0.1) is 0 Å². The summed E-state index contributed by atoms with van der Waals surface area (Å²) in [6.45, 7) is 15.0. The molecule has 0 radical (unpaired) electrons. The highest BCUT2D eigenvalue weighted by Crippen LogP contribution is 2.03. The molecule has 0 spiro atoms. The third-order valence-corrected chi connectivity index (χ3v) is 3.54. The second kappa shape index (κ2) is 14.9. The van der Waals surface area contributed by atoms with Crippen molar-refractivity contribution >= 4 is 11.9 Å². The van der Waals surface area contributed by atoms with Crippen molar-refractivity contribution in [3.63, 3.8) is 0 Å². The quantitative estimate of drug-likeness (QED) is 0.531. The Balaban J connectivity index is 0. The Labute approximate surface area is 146 Å². The van der Waals surface area contributed by atoms with Crippen LogP contribution < -0.4 is 0 Å². The normalized spacial score (nSPS) is 10.2. The van der Waals surface area contributed by atoms with E-state index in [9.17, 15) is 9.59 Å². The lowest BCUT2D eigenvalue weighted by molar-refractivity contribution is -0.133. The molecule has 0 aliphatic rings. The van der Waals surface area contributed by atoms with Crippen LogP contribution >= 0.6 is 0 Å². The molecule has 6 nitrogen and oxygen atoms in total. The molecule has 140 valence electrons. The van der Waals surface area contributed by atoms with Gasteiger partial charge in [-0.1, -0.05) is 27.0 Å². The van der Waals surface area contributed by atoms with Crippen molar-refractivity contribution in [2.45, 2.75) is 39.5 Å². The predicted molar refractivity (Wildman–Crippen MR) is 98.4 cm³/mol. The SMILES string of the molecule is C=C(CCCN(C)C)C(=O)O.C=C(CCCN(CC)CC)C(=O)O. The van der Waals surface area contributed by atoms with Crippen LogP contribution in [0.2, 0.25) is 0 Å². The number of nitrogens with zero attached hydrogens (tertiary/aromatic N) is 2. The monoisotopic (exact) mass is 342 g/mol. The van der Waals surface area contributed by atoms with Gasteiger partial charge in [0.15, 0.2) is 0 Å². The lowest BCUT2D eigenvalue weighted by Gasteiger charge is -2.17. The van der Waals surface area contributed by atoms with Gasteiger partial charge in [0.05, 0.1) is 0 Å². The predicted octanol–water partition coefficient (Wildman–Crippen LogP) is 2.72. The lowest BCUT2D eigenvalue weighted by atomic mass is 10.1. The largest absolute Gasteiger partial charge is 0.478 e. The van der Waals surface area contributed by atoms with Crippen LogP contribution in [0.15, 0.2) is 24.3 Å². The van der Waals surface area contributed by atoms with E-state index in [0.29, 0.717) is 24.0 Å². The van der Waals surface area contributed by atoms with Gasteiger partial charge >= 0.3 is 11.9 Å². The number of carboxylic acids is 2. The molecular weight excluding hydrogens is 308 g/mol. The maximum absolute atomic E-state index is 10.4. The average molecular weight is 342 g/mol. The molecule has 0 aromatic heterocycles. The zero-order chi connectivity index (χ0) is 19.1. The molecule has 0 atom stereocenters. The Hall–Kier alpha value is -1.66. The highest BCUT2D eigenvalue weighted by molar-refractivity contribution is 5.85. The first-order valence-electron chi connectivity index (χ1n) is 8.34. The number of aliphatic carboxylic acids is 2. The molecule has 0 fully saturated rings. The summed E-state index contributed by atoms with van der Waals surface area (Å²) in [5.41, 5.74) is 0.610. The van der Waals surface area contributed by atoms with E-state index in [1.165, 1.54) is 0 Å². The standard InChI is InChI=1S/C10H19NO2.C8H15NO2/c1-4-11(5-2)8-6-7-9(3)10(12)13;1-7(8(10)11)5-4-6-9(2)3/h3-8H2,1-2H3,(H,12,13);1,4-6H2,2-3H3,(H,10,11). The molecule has 0 bridgehead atoms. The zero-order valence-corrected chi connectivity index (χ0v) is 15.7. The van der Waals surface area contributed by atoms with Gasteiger partial charge in [-0.05, 0) is 66.0 Å². The van der Waals surface area contributed by atoms with Gasteiger partial charge in [0, 0.05) is 11.1 Å². The molecule has 0 saturated heterocycles. The molecular formula is C18H34N2O4. The van der Waals surface area contributed by atoms with Crippen molar-refractivity contribution in [1.29, 1.82) is 0 Å². The summed E-state index contributed by atoms with van der Waals surface area (Å²) in [7, 11) is 3.92. The van der Waals surface area contributed by atoms with Crippen molar-refractivity contribution < 1.29 is 19.8 Å². The highest BCUT2D eigenvalue weighted by Gasteiger charge is 2.04. The van der Waals surface area contributed by atoms with E-state index in [0.717, 1.165) is 39.0 Å². The first kappa shape index (κ1) is 24.6. The number of carbonyl (C=O) groups is 2. The summed E-state index contributed by atoms with van der Waals surface area (Å²) in [5.74, 6) is -1.76. The maximum atomic E-state index is 10.4. The van der Waals surface area contributed by atoms with Crippen LogP contribution in [0.3, 0.4) is 0 Å². The van der Waals surface area contributed by atoms with E-state index in [1.807, 2.05) is 19.0 Å². The third kappa shape index (κ3) is 15.2. The molecule has 0 amide bonds. The number of hydrogen-bond donors (Lipinski definition) is 2. The minimum absolute atomic E-state index is 0.298. The van der Waals surface area contributed by atoms with Crippen LogP contribution in [0.5, 0.6) is 0 Å². The van der Waals surface area contributed by atoms with Crippen molar-refractivity contribution in [3.8, 4) is 0 Å². The van der Waals surface area contributed by atoms with Crippen molar-refractivity contribution in [2.24, 2.45) is 0 Å². The van der Waals surface area contributed by atoms with E-state index < -0.39 is 11.9 Å². The van der Waals surface area contributed by atoms with Crippen molar-refractivity contribution in [2.75, 3.05) is 40.3 Å². The number of carboxylic acid groups (broad SMARTS) is 2. The fourth-order valence-electron chi connectivity index (χ4n) is 1.88. The van der Waals surface area contributed by atoms with Gasteiger partial charge in [-0.3, -0.25) is 0 Å². The summed E-state index contributed by atoms with van der Waals surface area (Å²) in [6.07, 6.45) is 2.91. The second-order valence-corrected chi connectivity index (χ2v) is 5.85. The maximum Gasteiger partial charge on any atom is 0.330 e. The van der Waals surface area contributed by atoms with Gasteiger partial charge < -0.3 is 20.0 Å². The van der Waals surface area contributed by atoms with Gasteiger partial charge in [0.25, 0.3) is 0 Å². The molecule has 6 heteroatoms. The molecule has 0 aliphatic heterocycles. The van der Waals surface area contributed by atoms with E-state index in [4.69, 9.17) is 10.2 Å². The van der Waals surface area contributed by atoms with Crippen LogP contribution in [-0.4, -0.2) is 72.2 Å². The summed E-state index contributed by atoms with van der Waals surface area (Å²) >= 11 is 0. The molecule has 0 saturated carbocycles. The third-order valence-electron chi connectivity index (χ3n) is 3.54. The van der Waals surface area contributed by atoms with E-state index in [1.54, 1.807) is 0 Å². The average Bonchev–Trinajstić information content (AvgIpc) is 2.51. The first-order chi connectivity index (χ1) is 11.1. The second-order valence-electron chi connectivity index (χ2n) is 5.85. The van der Waals surface area contributed by atoms with Crippen LogP contribution in [0.25, 0.3) is 0 Å².